The summed E-state index contributed by atoms with van der Waals surface area (Å²) in [6.07, 6.45) is 1.19. The average molecular weight is 210 g/mol. The van der Waals surface area contributed by atoms with Crippen LogP contribution in [0.2, 0.25) is 5.02 Å². The molecule has 1 aromatic carbocycles. The third-order valence-electron chi connectivity index (χ3n) is 3.53. The molecule has 2 unspecified atom stereocenters. The topological polar surface area (TPSA) is 12.0 Å². The van der Waals surface area contributed by atoms with Gasteiger partial charge in [0.25, 0.3) is 0 Å². The van der Waals surface area contributed by atoms with E-state index in [9.17, 15) is 0 Å². The summed E-state index contributed by atoms with van der Waals surface area (Å²) in [6, 6.07) is 8.76. The number of benzene rings is 1. The molecule has 2 heteroatoms. The molecule has 1 aliphatic rings. The Morgan fingerprint density at radius 2 is 2.29 bits per heavy atom. The molecule has 14 heavy (non-hydrogen) atoms. The highest BCUT2D eigenvalue weighted by molar-refractivity contribution is 6.30. The molecule has 0 spiro atoms. The first-order chi connectivity index (χ1) is 6.63. The SMILES string of the molecule is CC1NCCC1(C)c1cccc(Cl)c1. The van der Waals surface area contributed by atoms with Gasteiger partial charge < -0.3 is 5.32 Å². The van der Waals surface area contributed by atoms with E-state index in [4.69, 9.17) is 11.6 Å². The van der Waals surface area contributed by atoms with E-state index in [0.717, 1.165) is 11.6 Å². The van der Waals surface area contributed by atoms with Gasteiger partial charge in [0.05, 0.1) is 0 Å². The van der Waals surface area contributed by atoms with Gasteiger partial charge in [-0.25, -0.2) is 0 Å². The minimum atomic E-state index is 0.241. The number of nitrogens with one attached hydrogen (secondary N) is 1. The van der Waals surface area contributed by atoms with E-state index in [-0.39, 0.29) is 5.41 Å². The summed E-state index contributed by atoms with van der Waals surface area (Å²) in [6.45, 7) is 5.65. The molecule has 0 saturated carbocycles. The third-order valence-corrected chi connectivity index (χ3v) is 3.77. The Morgan fingerprint density at radius 3 is 2.86 bits per heavy atom. The lowest BCUT2D eigenvalue weighted by Gasteiger charge is -2.29. The minimum absolute atomic E-state index is 0.241. The van der Waals surface area contributed by atoms with Crippen molar-refractivity contribution >= 4 is 11.6 Å². The maximum absolute atomic E-state index is 6.01. The maximum atomic E-state index is 6.01. The van der Waals surface area contributed by atoms with Crippen LogP contribution in [0.15, 0.2) is 24.3 Å². The zero-order valence-corrected chi connectivity index (χ0v) is 9.43. The first-order valence-corrected chi connectivity index (χ1v) is 5.50. The fraction of sp³-hybridized carbons (Fsp3) is 0.500. The van der Waals surface area contributed by atoms with Crippen LogP contribution in [0.5, 0.6) is 0 Å². The van der Waals surface area contributed by atoms with Crippen LogP contribution in [0.4, 0.5) is 0 Å². The van der Waals surface area contributed by atoms with Crippen LogP contribution in [0.3, 0.4) is 0 Å². The molecule has 0 bridgehead atoms. The standard InChI is InChI=1S/C12H16ClN/c1-9-12(2,6-7-14-9)10-4-3-5-11(13)8-10/h3-5,8-9,14H,6-7H2,1-2H3. The van der Waals surface area contributed by atoms with Crippen LogP contribution in [-0.4, -0.2) is 12.6 Å². The van der Waals surface area contributed by atoms with Crippen molar-refractivity contribution in [1.82, 2.24) is 5.32 Å². The fourth-order valence-electron chi connectivity index (χ4n) is 2.23. The zero-order valence-electron chi connectivity index (χ0n) is 8.68. The summed E-state index contributed by atoms with van der Waals surface area (Å²) >= 11 is 6.01. The second kappa shape index (κ2) is 3.56. The quantitative estimate of drug-likeness (QED) is 0.750. The number of hydrogen-bond acceptors (Lipinski definition) is 1. The van der Waals surface area contributed by atoms with E-state index in [2.05, 4.69) is 31.3 Å². The summed E-state index contributed by atoms with van der Waals surface area (Å²) in [7, 11) is 0. The Bertz CT molecular complexity index is 337. The van der Waals surface area contributed by atoms with Crippen LogP contribution < -0.4 is 5.32 Å². The molecule has 2 atom stereocenters. The lowest BCUT2D eigenvalue weighted by molar-refractivity contribution is 0.427. The Morgan fingerprint density at radius 1 is 1.50 bits per heavy atom. The summed E-state index contributed by atoms with van der Waals surface area (Å²) < 4.78 is 0. The molecule has 1 N–H and O–H groups in total. The largest absolute Gasteiger partial charge is 0.313 e. The van der Waals surface area contributed by atoms with Gasteiger partial charge in [0.1, 0.15) is 0 Å². The van der Waals surface area contributed by atoms with E-state index < -0.39 is 0 Å². The molecule has 1 aliphatic heterocycles. The zero-order chi connectivity index (χ0) is 10.2. The van der Waals surface area contributed by atoms with Crippen molar-refractivity contribution < 1.29 is 0 Å². The predicted molar refractivity (Wildman–Crippen MR) is 60.9 cm³/mol. The van der Waals surface area contributed by atoms with Crippen molar-refractivity contribution in [3.63, 3.8) is 0 Å². The molecule has 0 aliphatic carbocycles. The first-order valence-electron chi connectivity index (χ1n) is 5.12. The van der Waals surface area contributed by atoms with Crippen LogP contribution >= 0.6 is 11.6 Å². The van der Waals surface area contributed by atoms with Crippen molar-refractivity contribution in [3.8, 4) is 0 Å². The molecule has 1 saturated heterocycles. The van der Waals surface area contributed by atoms with Crippen molar-refractivity contribution in [2.75, 3.05) is 6.54 Å². The molecule has 1 aromatic rings. The van der Waals surface area contributed by atoms with Gasteiger partial charge in [0.2, 0.25) is 0 Å². The van der Waals surface area contributed by atoms with Crippen molar-refractivity contribution in [3.05, 3.63) is 34.9 Å². The number of hydrogen-bond donors (Lipinski definition) is 1. The summed E-state index contributed by atoms with van der Waals surface area (Å²) in [5.74, 6) is 0. The van der Waals surface area contributed by atoms with Crippen LogP contribution in [0.1, 0.15) is 25.8 Å². The smallest absolute Gasteiger partial charge is 0.0408 e. The normalized spacial score (nSPS) is 32.1. The van der Waals surface area contributed by atoms with Crippen molar-refractivity contribution in [1.29, 1.82) is 0 Å². The fourth-order valence-corrected chi connectivity index (χ4v) is 2.42. The Kier molecular flexibility index (Phi) is 2.54. The Balaban J connectivity index is 2.38. The second-order valence-electron chi connectivity index (χ2n) is 4.35. The highest BCUT2D eigenvalue weighted by Gasteiger charge is 2.36. The van der Waals surface area contributed by atoms with E-state index >= 15 is 0 Å². The predicted octanol–water partition coefficient (Wildman–Crippen LogP) is 2.98. The minimum Gasteiger partial charge on any atom is -0.313 e. The number of halogens is 1. The molecule has 76 valence electrons. The molecule has 0 radical (unpaired) electrons. The molecular weight excluding hydrogens is 194 g/mol. The summed E-state index contributed by atoms with van der Waals surface area (Å²) in [5, 5.41) is 4.32. The van der Waals surface area contributed by atoms with Gasteiger partial charge in [0, 0.05) is 16.5 Å². The van der Waals surface area contributed by atoms with Crippen LogP contribution in [-0.2, 0) is 5.41 Å². The summed E-state index contributed by atoms with van der Waals surface area (Å²) in [5.41, 5.74) is 1.59. The Hall–Kier alpha value is -0.530. The van der Waals surface area contributed by atoms with E-state index in [1.165, 1.54) is 12.0 Å². The molecular formula is C12H16ClN. The van der Waals surface area contributed by atoms with E-state index in [0.29, 0.717) is 6.04 Å². The molecule has 0 amide bonds. The van der Waals surface area contributed by atoms with Gasteiger partial charge in [-0.1, -0.05) is 30.7 Å². The molecule has 1 fully saturated rings. The van der Waals surface area contributed by atoms with E-state index in [1.54, 1.807) is 0 Å². The second-order valence-corrected chi connectivity index (χ2v) is 4.79. The lowest BCUT2D eigenvalue weighted by Crippen LogP contribution is -2.35. The molecule has 2 rings (SSSR count). The Labute approximate surface area is 90.5 Å². The van der Waals surface area contributed by atoms with Crippen LogP contribution in [0.25, 0.3) is 0 Å². The maximum Gasteiger partial charge on any atom is 0.0408 e. The lowest BCUT2D eigenvalue weighted by atomic mass is 9.77. The monoisotopic (exact) mass is 209 g/mol. The first kappa shape index (κ1) is 10.0. The van der Waals surface area contributed by atoms with Crippen molar-refractivity contribution in [2.24, 2.45) is 0 Å². The average Bonchev–Trinajstić information content (AvgIpc) is 2.49. The molecule has 0 aromatic heterocycles. The molecule has 1 heterocycles. The van der Waals surface area contributed by atoms with Gasteiger partial charge in [-0.15, -0.1) is 0 Å². The van der Waals surface area contributed by atoms with E-state index in [1.807, 2.05) is 12.1 Å². The van der Waals surface area contributed by atoms with Crippen LogP contribution in [0, 0.1) is 0 Å². The highest BCUT2D eigenvalue weighted by Crippen LogP contribution is 2.35. The van der Waals surface area contributed by atoms with Gasteiger partial charge in [-0.2, -0.15) is 0 Å². The highest BCUT2D eigenvalue weighted by atomic mass is 35.5. The molecule has 1 nitrogen and oxygen atoms in total. The van der Waals surface area contributed by atoms with Gasteiger partial charge >= 0.3 is 0 Å². The third kappa shape index (κ3) is 1.55. The van der Waals surface area contributed by atoms with Crippen molar-refractivity contribution in [2.45, 2.75) is 31.7 Å². The van der Waals surface area contributed by atoms with Gasteiger partial charge in [-0.3, -0.25) is 0 Å². The summed E-state index contributed by atoms with van der Waals surface area (Å²) in [4.78, 5) is 0. The van der Waals surface area contributed by atoms with Gasteiger partial charge in [-0.05, 0) is 37.6 Å². The number of rotatable bonds is 1. The van der Waals surface area contributed by atoms with Gasteiger partial charge in [0.15, 0.2) is 0 Å².